The monoisotopic (exact) mass is 261 g/mol. The Balaban J connectivity index is 2.40. The van der Waals surface area contributed by atoms with Crippen LogP contribution < -0.4 is 11.1 Å². The summed E-state index contributed by atoms with van der Waals surface area (Å²) in [5, 5.41) is 11.8. The fourth-order valence-electron chi connectivity index (χ4n) is 1.61. The number of rotatable bonds is 3. The average Bonchev–Trinajstić information content (AvgIpc) is 2.34. The van der Waals surface area contributed by atoms with Gasteiger partial charge in [-0.2, -0.15) is 0 Å². The van der Waals surface area contributed by atoms with Crippen LogP contribution in [0.2, 0.25) is 0 Å². The number of hydrogen-bond acceptors (Lipinski definition) is 4. The zero-order chi connectivity index (χ0) is 14.0. The van der Waals surface area contributed by atoms with E-state index >= 15 is 0 Å². The largest absolute Gasteiger partial charge is 0.478 e. The number of carbonyl (C=O) groups is 1. The van der Waals surface area contributed by atoms with E-state index in [1.54, 1.807) is 13.0 Å². The van der Waals surface area contributed by atoms with Gasteiger partial charge in [-0.3, -0.25) is 0 Å². The third-order valence-corrected chi connectivity index (χ3v) is 2.55. The number of hydrogen-bond donors (Lipinski definition) is 3. The summed E-state index contributed by atoms with van der Waals surface area (Å²) in [5.41, 5.74) is 6.51. The van der Waals surface area contributed by atoms with Crippen LogP contribution in [-0.4, -0.2) is 16.1 Å². The van der Waals surface area contributed by atoms with Gasteiger partial charge in [-0.05, 0) is 30.7 Å². The van der Waals surface area contributed by atoms with Gasteiger partial charge in [-0.25, -0.2) is 14.2 Å². The highest BCUT2D eigenvalue weighted by Crippen LogP contribution is 2.24. The fraction of sp³-hybridized carbons (Fsp3) is 0.0769. The van der Waals surface area contributed by atoms with Crippen molar-refractivity contribution in [2.75, 3.05) is 11.1 Å². The van der Waals surface area contributed by atoms with Crippen molar-refractivity contribution in [3.8, 4) is 0 Å². The van der Waals surface area contributed by atoms with Crippen molar-refractivity contribution >= 4 is 23.2 Å². The molecule has 0 saturated carbocycles. The molecule has 0 aliphatic heterocycles. The smallest absolute Gasteiger partial charge is 0.338 e. The number of anilines is 3. The van der Waals surface area contributed by atoms with Crippen LogP contribution in [0.5, 0.6) is 0 Å². The van der Waals surface area contributed by atoms with Gasteiger partial charge in [0.25, 0.3) is 0 Å². The van der Waals surface area contributed by atoms with Gasteiger partial charge in [0.15, 0.2) is 0 Å². The number of nitrogens with two attached hydrogens (primary N) is 1. The number of nitrogen functional groups attached to an aromatic ring is 1. The molecular weight excluding hydrogens is 249 g/mol. The van der Waals surface area contributed by atoms with Crippen LogP contribution in [0.25, 0.3) is 0 Å². The maximum atomic E-state index is 13.7. The van der Waals surface area contributed by atoms with Crippen LogP contribution in [0.1, 0.15) is 15.9 Å². The summed E-state index contributed by atoms with van der Waals surface area (Å²) < 4.78 is 13.7. The summed E-state index contributed by atoms with van der Waals surface area (Å²) in [6.07, 6.45) is 1.26. The lowest BCUT2D eigenvalue weighted by molar-refractivity contribution is 0.0698. The van der Waals surface area contributed by atoms with Crippen molar-refractivity contribution in [3.05, 3.63) is 47.4 Å². The molecular formula is C13H12FN3O2. The van der Waals surface area contributed by atoms with Crippen LogP contribution in [-0.2, 0) is 0 Å². The van der Waals surface area contributed by atoms with E-state index in [1.165, 1.54) is 24.4 Å². The zero-order valence-corrected chi connectivity index (χ0v) is 10.1. The summed E-state index contributed by atoms with van der Waals surface area (Å²) >= 11 is 0. The molecule has 0 amide bonds. The molecule has 0 fully saturated rings. The highest BCUT2D eigenvalue weighted by Gasteiger charge is 2.13. The Bertz CT molecular complexity index is 644. The standard InChI is InChI=1S/C13H12FN3O2/c1-7-2-3-10(9(14)4-7)17-11-6-16-12(15)5-8(11)13(18)19/h2-6,17H,1H3,(H2,15,16)(H,18,19). The van der Waals surface area contributed by atoms with Crippen molar-refractivity contribution in [2.45, 2.75) is 6.92 Å². The molecule has 4 N–H and O–H groups in total. The minimum absolute atomic E-state index is 0.0625. The lowest BCUT2D eigenvalue weighted by Crippen LogP contribution is -2.06. The number of carboxylic acid groups (broad SMARTS) is 1. The zero-order valence-electron chi connectivity index (χ0n) is 10.1. The van der Waals surface area contributed by atoms with Crippen molar-refractivity contribution in [1.29, 1.82) is 0 Å². The maximum absolute atomic E-state index is 13.7. The number of aromatic carboxylic acids is 1. The SMILES string of the molecule is Cc1ccc(Nc2cnc(N)cc2C(=O)O)c(F)c1. The van der Waals surface area contributed by atoms with Crippen LogP contribution in [0.4, 0.5) is 21.6 Å². The number of nitrogens with one attached hydrogen (secondary N) is 1. The highest BCUT2D eigenvalue weighted by molar-refractivity contribution is 5.95. The Labute approximate surface area is 108 Å². The minimum atomic E-state index is -1.16. The first-order chi connectivity index (χ1) is 8.97. The van der Waals surface area contributed by atoms with Crippen LogP contribution in [0, 0.1) is 12.7 Å². The van der Waals surface area contributed by atoms with Crippen LogP contribution in [0.15, 0.2) is 30.5 Å². The van der Waals surface area contributed by atoms with E-state index in [9.17, 15) is 9.18 Å². The average molecular weight is 261 g/mol. The van der Waals surface area contributed by atoms with Gasteiger partial charge in [0.05, 0.1) is 23.1 Å². The number of nitrogens with zero attached hydrogens (tertiary/aromatic N) is 1. The predicted molar refractivity (Wildman–Crippen MR) is 70.0 cm³/mol. The second-order valence-corrected chi connectivity index (χ2v) is 4.07. The van der Waals surface area contributed by atoms with E-state index in [0.717, 1.165) is 5.56 Å². The molecule has 5 nitrogen and oxygen atoms in total. The minimum Gasteiger partial charge on any atom is -0.478 e. The van der Waals surface area contributed by atoms with E-state index in [0.29, 0.717) is 0 Å². The summed E-state index contributed by atoms with van der Waals surface area (Å²) in [5.74, 6) is -1.54. The van der Waals surface area contributed by atoms with Gasteiger partial charge >= 0.3 is 5.97 Å². The Morgan fingerprint density at radius 1 is 1.37 bits per heavy atom. The fourth-order valence-corrected chi connectivity index (χ4v) is 1.61. The number of pyridine rings is 1. The topological polar surface area (TPSA) is 88.2 Å². The molecule has 1 aromatic carbocycles. The van der Waals surface area contributed by atoms with E-state index < -0.39 is 11.8 Å². The summed E-state index contributed by atoms with van der Waals surface area (Å²) in [4.78, 5) is 14.9. The second-order valence-electron chi connectivity index (χ2n) is 4.07. The van der Waals surface area contributed by atoms with Crippen LogP contribution >= 0.6 is 0 Å². The van der Waals surface area contributed by atoms with Gasteiger partial charge in [0.2, 0.25) is 0 Å². The van der Waals surface area contributed by atoms with Gasteiger partial charge in [0.1, 0.15) is 11.6 Å². The second kappa shape index (κ2) is 4.93. The van der Waals surface area contributed by atoms with E-state index in [-0.39, 0.29) is 22.8 Å². The molecule has 1 aromatic heterocycles. The Morgan fingerprint density at radius 3 is 2.74 bits per heavy atom. The van der Waals surface area contributed by atoms with Gasteiger partial charge in [-0.1, -0.05) is 6.07 Å². The first kappa shape index (κ1) is 12.8. The van der Waals surface area contributed by atoms with Gasteiger partial charge in [0, 0.05) is 0 Å². The molecule has 0 spiro atoms. The number of aromatic nitrogens is 1. The first-order valence-electron chi connectivity index (χ1n) is 5.49. The summed E-state index contributed by atoms with van der Waals surface area (Å²) in [6.45, 7) is 1.76. The Hall–Kier alpha value is -2.63. The van der Waals surface area contributed by atoms with Gasteiger partial charge < -0.3 is 16.2 Å². The first-order valence-corrected chi connectivity index (χ1v) is 5.49. The lowest BCUT2D eigenvalue weighted by atomic mass is 10.2. The molecule has 0 radical (unpaired) electrons. The molecule has 0 bridgehead atoms. The molecule has 2 aromatic rings. The molecule has 6 heteroatoms. The van der Waals surface area contributed by atoms with Crippen molar-refractivity contribution in [2.24, 2.45) is 0 Å². The number of carboxylic acids is 1. The Kier molecular flexibility index (Phi) is 3.33. The number of halogens is 1. The molecule has 1 heterocycles. The molecule has 0 saturated heterocycles. The van der Waals surface area contributed by atoms with E-state index in [1.807, 2.05) is 0 Å². The van der Waals surface area contributed by atoms with Gasteiger partial charge in [-0.15, -0.1) is 0 Å². The van der Waals surface area contributed by atoms with Crippen LogP contribution in [0.3, 0.4) is 0 Å². The molecule has 0 atom stereocenters. The lowest BCUT2D eigenvalue weighted by Gasteiger charge is -2.10. The number of benzene rings is 1. The third-order valence-electron chi connectivity index (χ3n) is 2.55. The van der Waals surface area contributed by atoms with E-state index in [2.05, 4.69) is 10.3 Å². The molecule has 2 rings (SSSR count). The maximum Gasteiger partial charge on any atom is 0.338 e. The summed E-state index contributed by atoms with van der Waals surface area (Å²) in [6, 6.07) is 5.83. The quantitative estimate of drug-likeness (QED) is 0.790. The number of aryl methyl sites for hydroxylation is 1. The highest BCUT2D eigenvalue weighted by atomic mass is 19.1. The Morgan fingerprint density at radius 2 is 2.11 bits per heavy atom. The molecule has 19 heavy (non-hydrogen) atoms. The molecule has 0 unspecified atom stereocenters. The predicted octanol–water partition coefficient (Wildman–Crippen LogP) is 2.55. The molecule has 0 aliphatic rings. The van der Waals surface area contributed by atoms with E-state index in [4.69, 9.17) is 10.8 Å². The molecule has 0 aliphatic carbocycles. The third kappa shape index (κ3) is 2.79. The molecule has 98 valence electrons. The van der Waals surface area contributed by atoms with Crippen molar-refractivity contribution < 1.29 is 14.3 Å². The summed E-state index contributed by atoms with van der Waals surface area (Å²) in [7, 11) is 0. The van der Waals surface area contributed by atoms with Crippen molar-refractivity contribution in [1.82, 2.24) is 4.98 Å². The van der Waals surface area contributed by atoms with Crippen molar-refractivity contribution in [3.63, 3.8) is 0 Å². The normalized spacial score (nSPS) is 10.2.